The minimum absolute atomic E-state index is 0.0116. The number of carbonyl (C=O) groups excluding carboxylic acids is 1. The number of aromatic nitrogens is 2. The summed E-state index contributed by atoms with van der Waals surface area (Å²) in [5.41, 5.74) is 7.15. The lowest BCUT2D eigenvalue weighted by Gasteiger charge is -2.36. The third kappa shape index (κ3) is 3.27. The summed E-state index contributed by atoms with van der Waals surface area (Å²) >= 11 is 0. The van der Waals surface area contributed by atoms with Crippen LogP contribution in [0.1, 0.15) is 53.5 Å². The van der Waals surface area contributed by atoms with Crippen LogP contribution in [0.3, 0.4) is 0 Å². The second-order valence-corrected chi connectivity index (χ2v) is 6.10. The highest BCUT2D eigenvalue weighted by atomic mass is 19.1. The molecule has 0 saturated carbocycles. The van der Waals surface area contributed by atoms with Gasteiger partial charge in [0.1, 0.15) is 11.5 Å². The van der Waals surface area contributed by atoms with Gasteiger partial charge >= 0.3 is 0 Å². The quantitative estimate of drug-likeness (QED) is 0.910. The SMILES string of the molecule is CC(c1ccccc1F)N1CCCC(c2cc(C(N)=O)n[nH]2)C1. The van der Waals surface area contributed by atoms with E-state index in [9.17, 15) is 9.18 Å². The highest BCUT2D eigenvalue weighted by molar-refractivity contribution is 5.90. The van der Waals surface area contributed by atoms with Crippen LogP contribution in [-0.2, 0) is 0 Å². The zero-order valence-corrected chi connectivity index (χ0v) is 13.1. The molecule has 0 spiro atoms. The number of likely N-dealkylation sites (tertiary alicyclic amines) is 1. The molecule has 122 valence electrons. The number of hydrogen-bond donors (Lipinski definition) is 2. The van der Waals surface area contributed by atoms with E-state index >= 15 is 0 Å². The number of amides is 1. The molecule has 1 aliphatic rings. The van der Waals surface area contributed by atoms with Crippen molar-refractivity contribution in [3.63, 3.8) is 0 Å². The van der Waals surface area contributed by atoms with E-state index in [1.807, 2.05) is 19.1 Å². The Morgan fingerprint density at radius 2 is 2.26 bits per heavy atom. The van der Waals surface area contributed by atoms with Crippen LogP contribution in [0.15, 0.2) is 30.3 Å². The molecule has 1 saturated heterocycles. The topological polar surface area (TPSA) is 75.0 Å². The lowest BCUT2D eigenvalue weighted by Crippen LogP contribution is -2.36. The Balaban J connectivity index is 1.75. The number of halogens is 1. The van der Waals surface area contributed by atoms with Crippen LogP contribution in [0.2, 0.25) is 0 Å². The minimum atomic E-state index is -0.528. The number of nitrogens with one attached hydrogen (secondary N) is 1. The van der Waals surface area contributed by atoms with Crippen LogP contribution in [0, 0.1) is 5.82 Å². The molecule has 0 bridgehead atoms. The molecular weight excluding hydrogens is 295 g/mol. The number of primary amides is 1. The summed E-state index contributed by atoms with van der Waals surface area (Å²) in [5, 5.41) is 6.87. The third-order valence-electron chi connectivity index (χ3n) is 4.65. The van der Waals surface area contributed by atoms with Gasteiger partial charge in [0, 0.05) is 29.8 Å². The number of benzene rings is 1. The average Bonchev–Trinajstić information content (AvgIpc) is 3.05. The fraction of sp³-hybridized carbons (Fsp3) is 0.412. The maximum absolute atomic E-state index is 14.0. The van der Waals surface area contributed by atoms with Gasteiger partial charge in [-0.2, -0.15) is 5.10 Å². The second-order valence-electron chi connectivity index (χ2n) is 6.10. The average molecular weight is 316 g/mol. The lowest BCUT2D eigenvalue weighted by atomic mass is 9.92. The summed E-state index contributed by atoms with van der Waals surface area (Å²) in [6.07, 6.45) is 2.04. The number of H-pyrrole nitrogens is 1. The van der Waals surface area contributed by atoms with Crippen molar-refractivity contribution in [1.29, 1.82) is 0 Å². The highest BCUT2D eigenvalue weighted by Gasteiger charge is 2.27. The summed E-state index contributed by atoms with van der Waals surface area (Å²) in [4.78, 5) is 13.5. The van der Waals surface area contributed by atoms with Gasteiger partial charge in [0.25, 0.3) is 5.91 Å². The van der Waals surface area contributed by atoms with Crippen molar-refractivity contribution in [3.05, 3.63) is 53.1 Å². The van der Waals surface area contributed by atoms with Crippen LogP contribution in [0.25, 0.3) is 0 Å². The van der Waals surface area contributed by atoms with E-state index in [-0.39, 0.29) is 23.5 Å². The van der Waals surface area contributed by atoms with Gasteiger partial charge in [0.15, 0.2) is 0 Å². The fourth-order valence-corrected chi connectivity index (χ4v) is 3.29. The molecule has 5 nitrogen and oxygen atoms in total. The molecule has 3 rings (SSSR count). The molecule has 6 heteroatoms. The molecule has 1 aromatic heterocycles. The smallest absolute Gasteiger partial charge is 0.269 e. The number of aromatic amines is 1. The fourth-order valence-electron chi connectivity index (χ4n) is 3.29. The summed E-state index contributed by atoms with van der Waals surface area (Å²) < 4.78 is 14.0. The first-order valence-corrected chi connectivity index (χ1v) is 7.90. The molecule has 23 heavy (non-hydrogen) atoms. The van der Waals surface area contributed by atoms with Crippen LogP contribution >= 0.6 is 0 Å². The van der Waals surface area contributed by atoms with Crippen molar-refractivity contribution in [3.8, 4) is 0 Å². The number of rotatable bonds is 4. The number of nitrogens with two attached hydrogens (primary N) is 1. The monoisotopic (exact) mass is 316 g/mol. The summed E-state index contributed by atoms with van der Waals surface area (Å²) in [6, 6.07) is 8.65. The van der Waals surface area contributed by atoms with Gasteiger partial charge in [-0.05, 0) is 38.4 Å². The van der Waals surface area contributed by atoms with Crippen molar-refractivity contribution < 1.29 is 9.18 Å². The summed E-state index contributed by atoms with van der Waals surface area (Å²) in [7, 11) is 0. The first-order chi connectivity index (χ1) is 11.1. The number of piperidine rings is 1. The van der Waals surface area contributed by atoms with Crippen molar-refractivity contribution >= 4 is 5.91 Å². The van der Waals surface area contributed by atoms with Crippen LogP contribution < -0.4 is 5.73 Å². The molecule has 2 unspecified atom stereocenters. The molecule has 2 heterocycles. The molecule has 2 atom stereocenters. The molecule has 1 aromatic carbocycles. The zero-order chi connectivity index (χ0) is 16.4. The highest BCUT2D eigenvalue weighted by Crippen LogP contribution is 2.32. The van der Waals surface area contributed by atoms with E-state index in [0.717, 1.165) is 37.2 Å². The largest absolute Gasteiger partial charge is 0.364 e. The van der Waals surface area contributed by atoms with E-state index in [0.29, 0.717) is 0 Å². The van der Waals surface area contributed by atoms with Crippen molar-refractivity contribution in [2.24, 2.45) is 5.73 Å². The van der Waals surface area contributed by atoms with Crippen LogP contribution in [0.4, 0.5) is 4.39 Å². The Morgan fingerprint density at radius 3 is 2.96 bits per heavy atom. The molecule has 1 amide bonds. The predicted molar refractivity (Wildman–Crippen MR) is 85.5 cm³/mol. The van der Waals surface area contributed by atoms with E-state index in [1.54, 1.807) is 12.1 Å². The molecule has 3 N–H and O–H groups in total. The van der Waals surface area contributed by atoms with Crippen LogP contribution in [-0.4, -0.2) is 34.1 Å². The van der Waals surface area contributed by atoms with Crippen molar-refractivity contribution in [2.75, 3.05) is 13.1 Å². The first kappa shape index (κ1) is 15.7. The number of carbonyl (C=O) groups is 1. The van der Waals surface area contributed by atoms with Crippen molar-refractivity contribution in [1.82, 2.24) is 15.1 Å². The Labute approximate surface area is 134 Å². The maximum Gasteiger partial charge on any atom is 0.269 e. The van der Waals surface area contributed by atoms with Gasteiger partial charge in [0.2, 0.25) is 0 Å². The predicted octanol–water partition coefficient (Wildman–Crippen LogP) is 2.59. The van der Waals surface area contributed by atoms with E-state index < -0.39 is 5.91 Å². The Morgan fingerprint density at radius 1 is 1.48 bits per heavy atom. The first-order valence-electron chi connectivity index (χ1n) is 7.90. The number of nitrogens with zero attached hydrogens (tertiary/aromatic N) is 2. The lowest BCUT2D eigenvalue weighted by molar-refractivity contribution is 0.0995. The van der Waals surface area contributed by atoms with Gasteiger partial charge in [-0.1, -0.05) is 18.2 Å². The molecule has 1 aliphatic heterocycles. The zero-order valence-electron chi connectivity index (χ0n) is 13.1. The van der Waals surface area contributed by atoms with Crippen molar-refractivity contribution in [2.45, 2.75) is 31.7 Å². The van der Waals surface area contributed by atoms with Gasteiger partial charge in [-0.3, -0.25) is 14.8 Å². The normalized spacial score (nSPS) is 20.3. The van der Waals surface area contributed by atoms with Gasteiger partial charge in [0.05, 0.1) is 0 Å². The molecule has 2 aromatic rings. The molecular formula is C17H21FN4O. The molecule has 1 fully saturated rings. The second kappa shape index (κ2) is 6.50. The van der Waals surface area contributed by atoms with E-state index in [4.69, 9.17) is 5.73 Å². The minimum Gasteiger partial charge on any atom is -0.364 e. The Bertz CT molecular complexity index is 699. The van der Waals surface area contributed by atoms with E-state index in [2.05, 4.69) is 15.1 Å². The Hall–Kier alpha value is -2.21. The Kier molecular flexibility index (Phi) is 4.43. The summed E-state index contributed by atoms with van der Waals surface area (Å²) in [5.74, 6) is -0.446. The molecule has 0 aliphatic carbocycles. The number of hydrogen-bond acceptors (Lipinski definition) is 3. The van der Waals surface area contributed by atoms with Gasteiger partial charge < -0.3 is 5.73 Å². The summed E-state index contributed by atoms with van der Waals surface area (Å²) in [6.45, 7) is 3.77. The van der Waals surface area contributed by atoms with E-state index in [1.165, 1.54) is 6.07 Å². The maximum atomic E-state index is 14.0. The van der Waals surface area contributed by atoms with Gasteiger partial charge in [-0.15, -0.1) is 0 Å². The van der Waals surface area contributed by atoms with Crippen LogP contribution in [0.5, 0.6) is 0 Å². The standard InChI is InChI=1S/C17H21FN4O/c1-11(13-6-2-3-7-14(13)18)22-8-4-5-12(10-22)15-9-16(17(19)23)21-20-15/h2-3,6-7,9,11-12H,4-5,8,10H2,1H3,(H2,19,23)(H,20,21). The van der Waals surface area contributed by atoms with Gasteiger partial charge in [-0.25, -0.2) is 4.39 Å². The molecule has 0 radical (unpaired) electrons. The third-order valence-corrected chi connectivity index (χ3v) is 4.65.